The first kappa shape index (κ1) is 13.9. The average molecular weight is 295 g/mol. The minimum Gasteiger partial charge on any atom is -0.399 e. The zero-order valence-corrected chi connectivity index (χ0v) is 11.8. The van der Waals surface area contributed by atoms with Crippen LogP contribution in [0, 0.1) is 0 Å². The topological polar surface area (TPSA) is 85.1 Å². The second-order valence-electron chi connectivity index (χ2n) is 3.68. The molecule has 0 bridgehead atoms. The first-order valence-corrected chi connectivity index (χ1v) is 7.75. The zero-order chi connectivity index (χ0) is 13.9. The van der Waals surface area contributed by atoms with Gasteiger partial charge in [-0.25, -0.2) is 18.1 Å². The summed E-state index contributed by atoms with van der Waals surface area (Å²) in [5.41, 5.74) is 6.06. The van der Waals surface area contributed by atoms with Gasteiger partial charge in [0.05, 0.1) is 4.90 Å². The van der Waals surface area contributed by atoms with Crippen molar-refractivity contribution in [3.05, 3.63) is 42.6 Å². The third-order valence-corrected chi connectivity index (χ3v) is 4.99. The second kappa shape index (κ2) is 5.60. The third kappa shape index (κ3) is 3.25. The fourth-order valence-corrected chi connectivity index (χ4v) is 3.53. The van der Waals surface area contributed by atoms with E-state index in [2.05, 4.69) is 9.71 Å². The smallest absolute Gasteiger partial charge is 0.241 e. The van der Waals surface area contributed by atoms with E-state index in [0.29, 0.717) is 10.6 Å². The van der Waals surface area contributed by atoms with Crippen molar-refractivity contribution in [2.75, 3.05) is 12.8 Å². The molecule has 5 nitrogen and oxygen atoms in total. The van der Waals surface area contributed by atoms with Crippen LogP contribution in [0.15, 0.2) is 57.4 Å². The van der Waals surface area contributed by atoms with E-state index in [1.807, 2.05) is 12.1 Å². The van der Waals surface area contributed by atoms with Crippen LogP contribution in [0.3, 0.4) is 0 Å². The van der Waals surface area contributed by atoms with E-state index in [-0.39, 0.29) is 4.90 Å². The van der Waals surface area contributed by atoms with E-state index >= 15 is 0 Å². The first-order valence-electron chi connectivity index (χ1n) is 5.45. The van der Waals surface area contributed by atoms with E-state index in [9.17, 15) is 8.42 Å². The van der Waals surface area contributed by atoms with Gasteiger partial charge in [-0.2, -0.15) is 0 Å². The largest absolute Gasteiger partial charge is 0.399 e. The summed E-state index contributed by atoms with van der Waals surface area (Å²) in [6.45, 7) is 0. The summed E-state index contributed by atoms with van der Waals surface area (Å²) in [7, 11) is -2.18. The molecule has 0 saturated carbocycles. The Morgan fingerprint density at radius 3 is 2.68 bits per heavy atom. The Kier molecular flexibility index (Phi) is 4.08. The number of nitrogens with one attached hydrogen (secondary N) is 1. The van der Waals surface area contributed by atoms with Crippen LogP contribution in [-0.4, -0.2) is 20.4 Å². The van der Waals surface area contributed by atoms with E-state index < -0.39 is 10.0 Å². The predicted molar refractivity (Wildman–Crippen MR) is 75.5 cm³/mol. The molecule has 0 aliphatic heterocycles. The Morgan fingerprint density at radius 2 is 2.05 bits per heavy atom. The van der Waals surface area contributed by atoms with Gasteiger partial charge in [0.15, 0.2) is 0 Å². The van der Waals surface area contributed by atoms with Crippen LogP contribution in [-0.2, 0) is 10.0 Å². The lowest BCUT2D eigenvalue weighted by Gasteiger charge is -2.09. The Bertz CT molecular complexity index is 673. The molecule has 0 atom stereocenters. The fraction of sp³-hybridized carbons (Fsp3) is 0.0833. The molecule has 0 unspecified atom stereocenters. The van der Waals surface area contributed by atoms with Crippen LogP contribution in [0.25, 0.3) is 0 Å². The van der Waals surface area contributed by atoms with Crippen LogP contribution in [0.2, 0.25) is 0 Å². The van der Waals surface area contributed by atoms with Gasteiger partial charge in [-0.15, -0.1) is 0 Å². The van der Waals surface area contributed by atoms with Gasteiger partial charge < -0.3 is 5.73 Å². The van der Waals surface area contributed by atoms with Crippen molar-refractivity contribution in [2.45, 2.75) is 14.8 Å². The molecular formula is C12H13N3O2S2. The summed E-state index contributed by atoms with van der Waals surface area (Å²) in [5, 5.41) is 0.722. The molecule has 0 fully saturated rings. The zero-order valence-electron chi connectivity index (χ0n) is 10.2. The van der Waals surface area contributed by atoms with Gasteiger partial charge in [0.25, 0.3) is 0 Å². The molecule has 0 radical (unpaired) electrons. The highest BCUT2D eigenvalue weighted by Crippen LogP contribution is 2.32. The van der Waals surface area contributed by atoms with Crippen molar-refractivity contribution >= 4 is 27.5 Å². The number of nitrogens with two attached hydrogens (primary N) is 1. The molecule has 0 aliphatic carbocycles. The van der Waals surface area contributed by atoms with Crippen molar-refractivity contribution in [1.82, 2.24) is 9.71 Å². The van der Waals surface area contributed by atoms with Gasteiger partial charge in [0.1, 0.15) is 5.03 Å². The number of sulfonamides is 1. The summed E-state index contributed by atoms with van der Waals surface area (Å²) in [6, 6.07) is 10.3. The number of hydrogen-bond acceptors (Lipinski definition) is 5. The number of hydrogen-bond donors (Lipinski definition) is 2. The van der Waals surface area contributed by atoms with Crippen molar-refractivity contribution in [1.29, 1.82) is 0 Å². The molecule has 1 heterocycles. The maximum atomic E-state index is 12.0. The number of nitrogens with zero attached hydrogens (tertiary/aromatic N) is 1. The molecule has 1 aromatic heterocycles. The monoisotopic (exact) mass is 295 g/mol. The van der Waals surface area contributed by atoms with Crippen molar-refractivity contribution in [3.8, 4) is 0 Å². The molecular weight excluding hydrogens is 282 g/mol. The normalized spacial score (nSPS) is 11.4. The average Bonchev–Trinajstić information content (AvgIpc) is 2.42. The Morgan fingerprint density at radius 1 is 1.26 bits per heavy atom. The summed E-state index contributed by atoms with van der Waals surface area (Å²) in [5.74, 6) is 0. The van der Waals surface area contributed by atoms with Crippen molar-refractivity contribution < 1.29 is 8.42 Å². The van der Waals surface area contributed by atoms with Crippen LogP contribution in [0.5, 0.6) is 0 Å². The molecule has 19 heavy (non-hydrogen) atoms. The summed E-state index contributed by atoms with van der Waals surface area (Å²) in [6.07, 6.45) is 1.66. The van der Waals surface area contributed by atoms with Gasteiger partial charge in [0, 0.05) is 16.8 Å². The van der Waals surface area contributed by atoms with Crippen molar-refractivity contribution in [3.63, 3.8) is 0 Å². The fourth-order valence-electron chi connectivity index (χ4n) is 1.45. The Balaban J connectivity index is 2.47. The van der Waals surface area contributed by atoms with Crippen LogP contribution in [0.4, 0.5) is 5.69 Å². The SMILES string of the molecule is CNS(=O)(=O)c1cc(N)ccc1Sc1ccccn1. The number of rotatable bonds is 4. The lowest BCUT2D eigenvalue weighted by Crippen LogP contribution is -2.19. The molecule has 100 valence electrons. The minimum atomic E-state index is -3.55. The highest BCUT2D eigenvalue weighted by atomic mass is 32.2. The molecule has 3 N–H and O–H groups in total. The number of benzene rings is 1. The molecule has 2 rings (SSSR count). The van der Waals surface area contributed by atoms with E-state index in [1.54, 1.807) is 24.4 Å². The Hall–Kier alpha value is -1.57. The summed E-state index contributed by atoms with van der Waals surface area (Å²) in [4.78, 5) is 4.91. The second-order valence-corrected chi connectivity index (χ2v) is 6.60. The number of pyridine rings is 1. The number of aromatic nitrogens is 1. The summed E-state index contributed by atoms with van der Waals surface area (Å²) >= 11 is 1.28. The lowest BCUT2D eigenvalue weighted by molar-refractivity contribution is 0.586. The Labute approximate surface area is 116 Å². The number of nitrogen functional groups attached to an aromatic ring is 1. The molecule has 1 aromatic carbocycles. The lowest BCUT2D eigenvalue weighted by atomic mass is 10.3. The van der Waals surface area contributed by atoms with E-state index in [4.69, 9.17) is 5.73 Å². The predicted octanol–water partition coefficient (Wildman–Crippen LogP) is 1.72. The molecule has 0 saturated heterocycles. The van der Waals surface area contributed by atoms with Gasteiger partial charge in [0.2, 0.25) is 10.0 Å². The standard InChI is InChI=1S/C12H13N3O2S2/c1-14-19(16,17)11-8-9(13)5-6-10(11)18-12-4-2-3-7-15-12/h2-8,14H,13H2,1H3. The number of anilines is 1. The third-order valence-electron chi connectivity index (χ3n) is 2.38. The maximum absolute atomic E-state index is 12.0. The highest BCUT2D eigenvalue weighted by molar-refractivity contribution is 8.00. The van der Waals surface area contributed by atoms with E-state index in [1.165, 1.54) is 24.9 Å². The quantitative estimate of drug-likeness (QED) is 0.839. The van der Waals surface area contributed by atoms with Gasteiger partial charge in [-0.05, 0) is 37.4 Å². The first-order chi connectivity index (χ1) is 9.03. The highest BCUT2D eigenvalue weighted by Gasteiger charge is 2.18. The maximum Gasteiger partial charge on any atom is 0.241 e. The van der Waals surface area contributed by atoms with Crippen molar-refractivity contribution in [2.24, 2.45) is 0 Å². The molecule has 7 heteroatoms. The van der Waals surface area contributed by atoms with Gasteiger partial charge >= 0.3 is 0 Å². The molecule has 0 amide bonds. The van der Waals surface area contributed by atoms with Crippen LogP contribution >= 0.6 is 11.8 Å². The van der Waals surface area contributed by atoms with Gasteiger partial charge in [-0.3, -0.25) is 0 Å². The van der Waals surface area contributed by atoms with Crippen LogP contribution in [0.1, 0.15) is 0 Å². The molecule has 0 spiro atoms. The molecule has 0 aliphatic rings. The van der Waals surface area contributed by atoms with Crippen LogP contribution < -0.4 is 10.5 Å². The molecule has 2 aromatic rings. The summed E-state index contributed by atoms with van der Waals surface area (Å²) < 4.78 is 26.2. The van der Waals surface area contributed by atoms with E-state index in [0.717, 1.165) is 5.03 Å². The van der Waals surface area contributed by atoms with Gasteiger partial charge in [-0.1, -0.05) is 17.8 Å². The minimum absolute atomic E-state index is 0.158.